The van der Waals surface area contributed by atoms with Crippen LogP contribution in [0.15, 0.2) is 24.3 Å². The van der Waals surface area contributed by atoms with Crippen molar-refractivity contribution in [3.8, 4) is 5.75 Å². The average molecular weight is 246 g/mol. The van der Waals surface area contributed by atoms with Crippen LogP contribution in [0, 0.1) is 0 Å². The molecule has 0 saturated carbocycles. The molecule has 0 bridgehead atoms. The highest BCUT2D eigenvalue weighted by atomic mass is 32.3. The number of benzene rings is 1. The van der Waals surface area contributed by atoms with Crippen LogP contribution >= 0.6 is 0 Å². The Labute approximate surface area is 93.3 Å². The molecule has 0 heterocycles. The van der Waals surface area contributed by atoms with Crippen molar-refractivity contribution in [1.29, 1.82) is 0 Å². The fourth-order valence-electron chi connectivity index (χ4n) is 1.14. The second-order valence-electron chi connectivity index (χ2n) is 3.14. The highest BCUT2D eigenvalue weighted by Gasteiger charge is 2.12. The summed E-state index contributed by atoms with van der Waals surface area (Å²) in [6.45, 7) is 0. The van der Waals surface area contributed by atoms with Crippen LogP contribution in [0.25, 0.3) is 0 Å². The van der Waals surface area contributed by atoms with E-state index in [9.17, 15) is 17.1 Å². The van der Waals surface area contributed by atoms with Crippen LogP contribution < -0.4 is 4.74 Å². The molecule has 4 nitrogen and oxygen atoms in total. The highest BCUT2D eigenvalue weighted by Crippen LogP contribution is 2.13. The second-order valence-corrected chi connectivity index (χ2v) is 4.63. The molecule has 16 heavy (non-hydrogen) atoms. The first-order valence-electron chi connectivity index (χ1n) is 4.52. The predicted molar refractivity (Wildman–Crippen MR) is 56.8 cm³/mol. The maximum absolute atomic E-state index is 12.2. The van der Waals surface area contributed by atoms with Crippen LogP contribution in [0.2, 0.25) is 0 Å². The molecule has 0 N–H and O–H groups in total. The molecule has 0 saturated heterocycles. The molecular weight excluding hydrogens is 235 g/mol. The molecule has 0 aromatic heterocycles. The van der Waals surface area contributed by atoms with Crippen molar-refractivity contribution >= 4 is 16.0 Å². The molecule has 0 atom stereocenters. The number of Topliss-reactive ketones (excluding diaryl/α,β-unsaturated/α-hetero) is 1. The first-order chi connectivity index (χ1) is 7.42. The lowest BCUT2D eigenvalue weighted by Gasteiger charge is -2.01. The van der Waals surface area contributed by atoms with Gasteiger partial charge in [0.1, 0.15) is 5.75 Å². The lowest BCUT2D eigenvalue weighted by molar-refractivity contribution is 0.0988. The number of methoxy groups -OCH3 is 1. The van der Waals surface area contributed by atoms with Gasteiger partial charge in [-0.1, -0.05) is 0 Å². The van der Waals surface area contributed by atoms with Gasteiger partial charge in [-0.3, -0.25) is 4.79 Å². The Kier molecular flexibility index (Phi) is 4.00. The maximum Gasteiger partial charge on any atom is 0.302 e. The number of carbonyl (C=O) groups is 1. The zero-order valence-corrected chi connectivity index (χ0v) is 9.46. The number of ether oxygens (including phenoxy) is 1. The van der Waals surface area contributed by atoms with E-state index in [2.05, 4.69) is 0 Å². The molecule has 0 unspecified atom stereocenters. The number of hydrogen-bond donors (Lipinski definition) is 0. The topological polar surface area (TPSA) is 60.4 Å². The molecule has 1 aromatic carbocycles. The van der Waals surface area contributed by atoms with Gasteiger partial charge in [-0.15, -0.1) is 3.89 Å². The molecule has 0 aliphatic heterocycles. The normalized spacial score (nSPS) is 11.1. The summed E-state index contributed by atoms with van der Waals surface area (Å²) < 4.78 is 37.5. The van der Waals surface area contributed by atoms with Gasteiger partial charge in [0.15, 0.2) is 5.78 Å². The van der Waals surface area contributed by atoms with Crippen molar-refractivity contribution < 1.29 is 21.8 Å². The first-order valence-corrected chi connectivity index (χ1v) is 6.07. The Morgan fingerprint density at radius 2 is 1.88 bits per heavy atom. The number of ketones is 1. The van der Waals surface area contributed by atoms with Crippen LogP contribution in [0.4, 0.5) is 3.89 Å². The van der Waals surface area contributed by atoms with Crippen LogP contribution in [0.1, 0.15) is 16.8 Å². The van der Waals surface area contributed by atoms with E-state index in [1.165, 1.54) is 19.2 Å². The van der Waals surface area contributed by atoms with Gasteiger partial charge >= 0.3 is 10.2 Å². The Bertz CT molecular complexity index is 464. The van der Waals surface area contributed by atoms with Crippen LogP contribution in [0.5, 0.6) is 5.75 Å². The van der Waals surface area contributed by atoms with Crippen LogP contribution in [-0.4, -0.2) is 27.1 Å². The molecule has 6 heteroatoms. The van der Waals surface area contributed by atoms with Crippen molar-refractivity contribution in [1.82, 2.24) is 0 Å². The minimum atomic E-state index is -4.59. The monoisotopic (exact) mass is 246 g/mol. The Morgan fingerprint density at radius 1 is 1.31 bits per heavy atom. The second kappa shape index (κ2) is 5.07. The zero-order valence-electron chi connectivity index (χ0n) is 8.64. The molecule has 0 radical (unpaired) electrons. The molecule has 1 rings (SSSR count). The van der Waals surface area contributed by atoms with E-state index in [-0.39, 0.29) is 6.42 Å². The van der Waals surface area contributed by atoms with E-state index in [0.29, 0.717) is 11.3 Å². The van der Waals surface area contributed by atoms with Gasteiger partial charge in [0, 0.05) is 12.0 Å². The summed E-state index contributed by atoms with van der Waals surface area (Å²) >= 11 is 0. The van der Waals surface area contributed by atoms with E-state index in [4.69, 9.17) is 4.74 Å². The summed E-state index contributed by atoms with van der Waals surface area (Å²) in [6, 6.07) is 6.17. The number of rotatable bonds is 5. The summed E-state index contributed by atoms with van der Waals surface area (Å²) in [6.07, 6.45) is -0.356. The standard InChI is InChI=1S/C10H11FO4S/c1-15-9-4-2-8(3-5-9)10(12)6-7-16(11,13)14/h2-5H,6-7H2,1H3. The van der Waals surface area contributed by atoms with Crippen molar-refractivity contribution in [2.45, 2.75) is 6.42 Å². The van der Waals surface area contributed by atoms with E-state index in [0.717, 1.165) is 0 Å². The van der Waals surface area contributed by atoms with Gasteiger partial charge in [-0.25, -0.2) is 0 Å². The van der Waals surface area contributed by atoms with Gasteiger partial charge < -0.3 is 4.74 Å². The van der Waals surface area contributed by atoms with Crippen LogP contribution in [0.3, 0.4) is 0 Å². The summed E-state index contributed by atoms with van der Waals surface area (Å²) in [5.74, 6) is -0.601. The Morgan fingerprint density at radius 3 is 2.31 bits per heavy atom. The summed E-state index contributed by atoms with van der Waals surface area (Å²) in [4.78, 5) is 11.4. The van der Waals surface area contributed by atoms with Gasteiger partial charge in [-0.2, -0.15) is 8.42 Å². The minimum Gasteiger partial charge on any atom is -0.497 e. The summed E-state index contributed by atoms with van der Waals surface area (Å²) in [5.41, 5.74) is 0.337. The molecule has 0 spiro atoms. The third kappa shape index (κ3) is 3.98. The lowest BCUT2D eigenvalue weighted by Crippen LogP contribution is -2.07. The van der Waals surface area contributed by atoms with Crippen molar-refractivity contribution in [3.63, 3.8) is 0 Å². The predicted octanol–water partition coefficient (Wildman–Crippen LogP) is 1.57. The average Bonchev–Trinajstić information content (AvgIpc) is 2.25. The highest BCUT2D eigenvalue weighted by molar-refractivity contribution is 7.86. The molecule has 0 fully saturated rings. The van der Waals surface area contributed by atoms with E-state index in [1.807, 2.05) is 0 Å². The van der Waals surface area contributed by atoms with Gasteiger partial charge in [0.2, 0.25) is 0 Å². The van der Waals surface area contributed by atoms with E-state index >= 15 is 0 Å². The SMILES string of the molecule is COc1ccc(C(=O)CCS(=O)(=O)F)cc1. The smallest absolute Gasteiger partial charge is 0.302 e. The number of halogens is 1. The largest absolute Gasteiger partial charge is 0.497 e. The summed E-state index contributed by atoms with van der Waals surface area (Å²) in [5, 5.41) is 0. The Balaban J connectivity index is 2.66. The zero-order chi connectivity index (χ0) is 12.2. The van der Waals surface area contributed by atoms with Crippen molar-refractivity contribution in [2.75, 3.05) is 12.9 Å². The quantitative estimate of drug-likeness (QED) is 0.584. The molecule has 1 aromatic rings. The van der Waals surface area contributed by atoms with Crippen LogP contribution in [-0.2, 0) is 10.2 Å². The summed E-state index contributed by atoms with van der Waals surface area (Å²) in [7, 11) is -3.09. The molecule has 0 aliphatic carbocycles. The third-order valence-electron chi connectivity index (χ3n) is 1.98. The third-order valence-corrected chi connectivity index (χ3v) is 2.68. The molecule has 0 aliphatic rings. The lowest BCUT2D eigenvalue weighted by atomic mass is 10.1. The van der Waals surface area contributed by atoms with Gasteiger partial charge in [0.05, 0.1) is 12.9 Å². The number of hydrogen-bond acceptors (Lipinski definition) is 4. The first kappa shape index (κ1) is 12.6. The number of carbonyl (C=O) groups excluding carboxylic acids is 1. The molecule has 88 valence electrons. The maximum atomic E-state index is 12.2. The molecule has 0 amide bonds. The fourth-order valence-corrected chi connectivity index (χ4v) is 1.57. The fraction of sp³-hybridized carbons (Fsp3) is 0.300. The van der Waals surface area contributed by atoms with Crippen molar-refractivity contribution in [3.05, 3.63) is 29.8 Å². The molecular formula is C10H11FO4S. The van der Waals surface area contributed by atoms with Crippen molar-refractivity contribution in [2.24, 2.45) is 0 Å². The van der Waals surface area contributed by atoms with E-state index in [1.54, 1.807) is 12.1 Å². The minimum absolute atomic E-state index is 0.337. The van der Waals surface area contributed by atoms with E-state index < -0.39 is 21.8 Å². The Hall–Kier alpha value is -1.43. The van der Waals surface area contributed by atoms with Gasteiger partial charge in [-0.05, 0) is 24.3 Å². The van der Waals surface area contributed by atoms with Gasteiger partial charge in [0.25, 0.3) is 0 Å².